The Bertz CT molecular complexity index is 446. The average Bonchev–Trinajstić information content (AvgIpc) is 2.80. The largest absolute Gasteiger partial charge is 0.308 e. The molecule has 0 amide bonds. The summed E-state index contributed by atoms with van der Waals surface area (Å²) in [5.74, 6) is 0. The molecular formula is C16H23ClN2. The highest BCUT2D eigenvalue weighted by atomic mass is 35.5. The quantitative estimate of drug-likeness (QED) is 0.912. The van der Waals surface area contributed by atoms with Crippen LogP contribution in [-0.4, -0.2) is 31.1 Å². The summed E-state index contributed by atoms with van der Waals surface area (Å²) in [6.07, 6.45) is 6.45. The maximum atomic E-state index is 6.06. The predicted molar refractivity (Wildman–Crippen MR) is 80.8 cm³/mol. The van der Waals surface area contributed by atoms with Gasteiger partial charge in [-0.1, -0.05) is 24.1 Å². The van der Waals surface area contributed by atoms with Crippen LogP contribution in [-0.2, 0) is 6.42 Å². The fraction of sp³-hybridized carbons (Fsp3) is 0.625. The fourth-order valence-corrected chi connectivity index (χ4v) is 3.67. The van der Waals surface area contributed by atoms with Crippen molar-refractivity contribution in [2.45, 2.75) is 44.2 Å². The van der Waals surface area contributed by atoms with E-state index in [0.717, 1.165) is 18.0 Å². The molecule has 0 saturated carbocycles. The Morgan fingerprint density at radius 2 is 2.21 bits per heavy atom. The smallest absolute Gasteiger partial charge is 0.0408 e. The van der Waals surface area contributed by atoms with Crippen LogP contribution in [0.3, 0.4) is 0 Å². The number of nitrogens with zero attached hydrogens (tertiary/aromatic N) is 1. The molecule has 19 heavy (non-hydrogen) atoms. The minimum Gasteiger partial charge on any atom is -0.308 e. The van der Waals surface area contributed by atoms with Gasteiger partial charge in [0.05, 0.1) is 0 Å². The van der Waals surface area contributed by atoms with E-state index in [1.165, 1.54) is 43.4 Å². The van der Waals surface area contributed by atoms with Gasteiger partial charge in [0.15, 0.2) is 0 Å². The second kappa shape index (κ2) is 5.82. The van der Waals surface area contributed by atoms with E-state index >= 15 is 0 Å². The zero-order chi connectivity index (χ0) is 13.2. The molecule has 2 nitrogen and oxygen atoms in total. The van der Waals surface area contributed by atoms with E-state index in [4.69, 9.17) is 11.6 Å². The van der Waals surface area contributed by atoms with Crippen LogP contribution in [0, 0.1) is 0 Å². The molecule has 0 spiro atoms. The van der Waals surface area contributed by atoms with E-state index < -0.39 is 0 Å². The molecule has 1 heterocycles. The van der Waals surface area contributed by atoms with Crippen molar-refractivity contribution >= 4 is 11.6 Å². The van der Waals surface area contributed by atoms with E-state index in [-0.39, 0.29) is 0 Å². The van der Waals surface area contributed by atoms with E-state index in [9.17, 15) is 0 Å². The number of hydrogen-bond donors (Lipinski definition) is 1. The molecule has 1 aromatic carbocycles. The van der Waals surface area contributed by atoms with Crippen LogP contribution in [0.5, 0.6) is 0 Å². The molecule has 1 fully saturated rings. The zero-order valence-electron chi connectivity index (χ0n) is 11.7. The van der Waals surface area contributed by atoms with Gasteiger partial charge in [0.1, 0.15) is 0 Å². The molecule has 3 rings (SSSR count). The number of likely N-dealkylation sites (tertiary alicyclic amines) is 1. The molecule has 2 atom stereocenters. The number of nitrogens with one attached hydrogen (secondary N) is 1. The van der Waals surface area contributed by atoms with Gasteiger partial charge < -0.3 is 10.2 Å². The second-order valence-electron chi connectivity index (χ2n) is 5.97. The number of piperidine rings is 1. The van der Waals surface area contributed by atoms with Gasteiger partial charge in [0, 0.05) is 23.7 Å². The van der Waals surface area contributed by atoms with Crippen LogP contribution >= 0.6 is 11.6 Å². The summed E-state index contributed by atoms with van der Waals surface area (Å²) in [6.45, 7) is 2.37. The lowest BCUT2D eigenvalue weighted by molar-refractivity contribution is 0.177. The third-order valence-corrected chi connectivity index (χ3v) is 4.94. The normalized spacial score (nSPS) is 27.5. The standard InChI is InChI=1S/C16H23ClN2/c1-19-9-3-2-4-14(19)11-18-16-8-5-12-10-13(17)6-7-15(12)16/h6-7,10,14,16,18H,2-5,8-9,11H2,1H3. The zero-order valence-corrected chi connectivity index (χ0v) is 12.4. The van der Waals surface area contributed by atoms with Crippen molar-refractivity contribution in [2.75, 3.05) is 20.1 Å². The lowest BCUT2D eigenvalue weighted by Gasteiger charge is -2.33. The molecule has 0 radical (unpaired) electrons. The Morgan fingerprint density at radius 1 is 1.32 bits per heavy atom. The Hall–Kier alpha value is -0.570. The van der Waals surface area contributed by atoms with Crippen molar-refractivity contribution in [2.24, 2.45) is 0 Å². The molecule has 0 aromatic heterocycles. The molecule has 3 heteroatoms. The van der Waals surface area contributed by atoms with Crippen LogP contribution in [0.25, 0.3) is 0 Å². The Kier molecular flexibility index (Phi) is 4.11. The topological polar surface area (TPSA) is 15.3 Å². The van der Waals surface area contributed by atoms with Gasteiger partial charge in [0.25, 0.3) is 0 Å². The van der Waals surface area contributed by atoms with Gasteiger partial charge in [-0.25, -0.2) is 0 Å². The van der Waals surface area contributed by atoms with Crippen molar-refractivity contribution in [1.82, 2.24) is 10.2 Å². The van der Waals surface area contributed by atoms with Crippen LogP contribution in [0.2, 0.25) is 5.02 Å². The Balaban J connectivity index is 1.60. The minimum atomic E-state index is 0.530. The summed E-state index contributed by atoms with van der Waals surface area (Å²) in [6, 6.07) is 7.60. The van der Waals surface area contributed by atoms with Gasteiger partial charge in [-0.15, -0.1) is 0 Å². The summed E-state index contributed by atoms with van der Waals surface area (Å²) in [7, 11) is 2.26. The third kappa shape index (κ3) is 2.96. The number of benzene rings is 1. The van der Waals surface area contributed by atoms with Gasteiger partial charge in [0.2, 0.25) is 0 Å². The molecule has 1 aliphatic heterocycles. The predicted octanol–water partition coefficient (Wildman–Crippen LogP) is 3.40. The minimum absolute atomic E-state index is 0.530. The van der Waals surface area contributed by atoms with E-state index in [1.54, 1.807) is 0 Å². The van der Waals surface area contributed by atoms with Crippen molar-refractivity contribution in [3.05, 3.63) is 34.3 Å². The molecule has 1 N–H and O–H groups in total. The van der Waals surface area contributed by atoms with Gasteiger partial charge in [-0.05, 0) is 62.5 Å². The molecule has 2 unspecified atom stereocenters. The first kappa shape index (κ1) is 13.4. The summed E-state index contributed by atoms with van der Waals surface area (Å²) in [5.41, 5.74) is 2.89. The summed E-state index contributed by atoms with van der Waals surface area (Å²) < 4.78 is 0. The maximum Gasteiger partial charge on any atom is 0.0408 e. The first-order valence-corrected chi connectivity index (χ1v) is 7.84. The van der Waals surface area contributed by atoms with Gasteiger partial charge in [-0.2, -0.15) is 0 Å². The number of fused-ring (bicyclic) bond motifs is 1. The van der Waals surface area contributed by atoms with Crippen LogP contribution in [0.4, 0.5) is 0 Å². The van der Waals surface area contributed by atoms with Crippen molar-refractivity contribution in [3.63, 3.8) is 0 Å². The number of halogens is 1. The van der Waals surface area contributed by atoms with Crippen molar-refractivity contribution in [1.29, 1.82) is 0 Å². The first-order valence-electron chi connectivity index (χ1n) is 7.46. The number of aryl methyl sites for hydroxylation is 1. The fourth-order valence-electron chi connectivity index (χ4n) is 3.48. The SMILES string of the molecule is CN1CCCCC1CNC1CCc2cc(Cl)ccc21. The van der Waals surface area contributed by atoms with E-state index in [1.807, 2.05) is 6.07 Å². The van der Waals surface area contributed by atoms with Crippen LogP contribution < -0.4 is 5.32 Å². The highest BCUT2D eigenvalue weighted by Crippen LogP contribution is 2.33. The molecule has 104 valence electrons. The number of rotatable bonds is 3. The Labute approximate surface area is 121 Å². The highest BCUT2D eigenvalue weighted by molar-refractivity contribution is 6.30. The second-order valence-corrected chi connectivity index (χ2v) is 6.41. The molecule has 1 saturated heterocycles. The maximum absolute atomic E-state index is 6.06. The lowest BCUT2D eigenvalue weighted by atomic mass is 10.0. The summed E-state index contributed by atoms with van der Waals surface area (Å²) in [4.78, 5) is 2.51. The van der Waals surface area contributed by atoms with Gasteiger partial charge in [-0.3, -0.25) is 0 Å². The molecule has 0 bridgehead atoms. The van der Waals surface area contributed by atoms with Crippen LogP contribution in [0.1, 0.15) is 42.9 Å². The number of hydrogen-bond acceptors (Lipinski definition) is 2. The van der Waals surface area contributed by atoms with Gasteiger partial charge >= 0.3 is 0 Å². The summed E-state index contributed by atoms with van der Waals surface area (Å²) in [5, 5.41) is 4.64. The van der Waals surface area contributed by atoms with Crippen molar-refractivity contribution in [3.8, 4) is 0 Å². The van der Waals surface area contributed by atoms with E-state index in [2.05, 4.69) is 29.4 Å². The van der Waals surface area contributed by atoms with Crippen LogP contribution in [0.15, 0.2) is 18.2 Å². The van der Waals surface area contributed by atoms with Crippen molar-refractivity contribution < 1.29 is 0 Å². The highest BCUT2D eigenvalue weighted by Gasteiger charge is 2.24. The molecule has 1 aromatic rings. The summed E-state index contributed by atoms with van der Waals surface area (Å²) >= 11 is 6.06. The molecule has 2 aliphatic rings. The average molecular weight is 279 g/mol. The first-order chi connectivity index (χ1) is 9.24. The van der Waals surface area contributed by atoms with E-state index in [0.29, 0.717) is 12.1 Å². The molecular weight excluding hydrogens is 256 g/mol. The monoisotopic (exact) mass is 278 g/mol. The molecule has 1 aliphatic carbocycles. The lowest BCUT2D eigenvalue weighted by Crippen LogP contribution is -2.43. The Morgan fingerprint density at radius 3 is 3.05 bits per heavy atom. The third-order valence-electron chi connectivity index (χ3n) is 4.70. The number of likely N-dealkylation sites (N-methyl/N-ethyl adjacent to an activating group) is 1.